The lowest BCUT2D eigenvalue weighted by atomic mass is 9.76. The summed E-state index contributed by atoms with van der Waals surface area (Å²) in [6.45, 7) is 0. The molecule has 0 radical (unpaired) electrons. The van der Waals surface area contributed by atoms with Crippen molar-refractivity contribution >= 4 is 38.6 Å². The van der Waals surface area contributed by atoms with Crippen LogP contribution in [0, 0.1) is 0 Å². The average molecular weight is 375 g/mol. The minimum absolute atomic E-state index is 0.0361. The number of rotatable bonds is 1. The molecule has 4 aromatic carbocycles. The number of hydrogen-bond donors (Lipinski definition) is 1. The fourth-order valence-corrected chi connectivity index (χ4v) is 5.13. The first-order valence-corrected chi connectivity index (χ1v) is 10.3. The molecule has 1 N–H and O–H groups in total. The molecule has 2 heteroatoms. The van der Waals surface area contributed by atoms with E-state index in [0.29, 0.717) is 6.42 Å². The van der Waals surface area contributed by atoms with E-state index < -0.39 is 0 Å². The molecule has 1 unspecified atom stereocenters. The summed E-state index contributed by atoms with van der Waals surface area (Å²) in [4.78, 5) is 13.2. The third-order valence-corrected chi connectivity index (χ3v) is 6.41. The van der Waals surface area contributed by atoms with Crippen molar-refractivity contribution in [3.63, 3.8) is 0 Å². The number of allylic oxidation sites excluding steroid dienone is 1. The van der Waals surface area contributed by atoms with Gasteiger partial charge in [0.05, 0.1) is 6.04 Å². The highest BCUT2D eigenvalue weighted by atomic mass is 16.1. The van der Waals surface area contributed by atoms with Crippen molar-refractivity contribution in [3.8, 4) is 0 Å². The molecule has 0 fully saturated rings. The fourth-order valence-electron chi connectivity index (χ4n) is 5.13. The first kappa shape index (κ1) is 16.6. The number of benzene rings is 4. The van der Waals surface area contributed by atoms with Gasteiger partial charge < -0.3 is 5.32 Å². The van der Waals surface area contributed by atoms with E-state index in [1.54, 1.807) is 0 Å². The Labute approximate surface area is 169 Å². The van der Waals surface area contributed by atoms with Crippen molar-refractivity contribution in [1.82, 2.24) is 0 Å². The normalized spacial score (nSPS) is 18.5. The molecule has 0 aromatic heterocycles. The van der Waals surface area contributed by atoms with Gasteiger partial charge in [0.1, 0.15) is 0 Å². The number of ketones is 1. The quantitative estimate of drug-likeness (QED) is 0.403. The van der Waals surface area contributed by atoms with Gasteiger partial charge in [-0.3, -0.25) is 4.79 Å². The molecule has 29 heavy (non-hydrogen) atoms. The van der Waals surface area contributed by atoms with Crippen molar-refractivity contribution < 1.29 is 4.79 Å². The van der Waals surface area contributed by atoms with Crippen LogP contribution in [-0.2, 0) is 4.79 Å². The van der Waals surface area contributed by atoms with Crippen LogP contribution in [0.2, 0.25) is 0 Å². The van der Waals surface area contributed by atoms with Crippen molar-refractivity contribution in [3.05, 3.63) is 95.6 Å². The number of nitrogens with one attached hydrogen (secondary N) is 1. The van der Waals surface area contributed by atoms with Gasteiger partial charge in [0.2, 0.25) is 0 Å². The molecule has 1 aliphatic carbocycles. The van der Waals surface area contributed by atoms with Crippen LogP contribution in [-0.4, -0.2) is 5.78 Å². The largest absolute Gasteiger partial charge is 0.374 e. The van der Waals surface area contributed by atoms with Crippen LogP contribution in [0.4, 0.5) is 5.69 Å². The summed E-state index contributed by atoms with van der Waals surface area (Å²) in [5.41, 5.74) is 5.63. The molecule has 140 valence electrons. The van der Waals surface area contributed by atoms with Gasteiger partial charge in [0.15, 0.2) is 5.78 Å². The smallest absolute Gasteiger partial charge is 0.163 e. The molecule has 1 heterocycles. The minimum atomic E-state index is 0.0361. The Balaban J connectivity index is 1.66. The second-order valence-electron chi connectivity index (χ2n) is 8.03. The molecule has 1 aliphatic heterocycles. The number of hydrogen-bond acceptors (Lipinski definition) is 2. The van der Waals surface area contributed by atoms with E-state index in [4.69, 9.17) is 0 Å². The number of anilines is 1. The number of fused-ring (bicyclic) bond motifs is 5. The van der Waals surface area contributed by atoms with Crippen molar-refractivity contribution in [2.75, 3.05) is 5.32 Å². The van der Waals surface area contributed by atoms with Crippen LogP contribution in [0.5, 0.6) is 0 Å². The van der Waals surface area contributed by atoms with Gasteiger partial charge >= 0.3 is 0 Å². The standard InChI is InChI=1S/C27H21NO/c29-24-14-6-13-22-26(24)25-20-11-4-2-8-18(20)15-16-23(25)28-27(22)21-12-5-9-17-7-1-3-10-19(17)21/h1-5,7-12,15-16,27-28H,6,13-14H2. The predicted molar refractivity (Wildman–Crippen MR) is 120 cm³/mol. The van der Waals surface area contributed by atoms with Gasteiger partial charge in [-0.25, -0.2) is 0 Å². The number of carbonyl (C=O) groups excluding carboxylic acids is 1. The van der Waals surface area contributed by atoms with Crippen molar-refractivity contribution in [2.24, 2.45) is 0 Å². The van der Waals surface area contributed by atoms with E-state index >= 15 is 0 Å². The van der Waals surface area contributed by atoms with E-state index in [-0.39, 0.29) is 11.8 Å². The molecule has 2 aliphatic rings. The zero-order chi connectivity index (χ0) is 19.4. The maximum atomic E-state index is 13.2. The lowest BCUT2D eigenvalue weighted by Crippen LogP contribution is -2.26. The first-order chi connectivity index (χ1) is 14.3. The second-order valence-corrected chi connectivity index (χ2v) is 8.03. The lowest BCUT2D eigenvalue weighted by Gasteiger charge is -2.35. The molecule has 0 amide bonds. The van der Waals surface area contributed by atoms with E-state index in [1.807, 2.05) is 0 Å². The zero-order valence-electron chi connectivity index (χ0n) is 16.1. The maximum Gasteiger partial charge on any atom is 0.163 e. The summed E-state index contributed by atoms with van der Waals surface area (Å²) in [7, 11) is 0. The molecule has 0 spiro atoms. The van der Waals surface area contributed by atoms with E-state index in [0.717, 1.165) is 35.1 Å². The van der Waals surface area contributed by atoms with E-state index in [2.05, 4.69) is 84.2 Å². The Morgan fingerprint density at radius 2 is 1.45 bits per heavy atom. The Bertz CT molecular complexity index is 1330. The Morgan fingerprint density at radius 3 is 2.31 bits per heavy atom. The van der Waals surface area contributed by atoms with Crippen LogP contribution in [0.15, 0.2) is 84.4 Å². The molecule has 6 rings (SSSR count). The van der Waals surface area contributed by atoms with Crippen LogP contribution in [0.1, 0.15) is 36.4 Å². The molecular formula is C27H21NO. The zero-order valence-corrected chi connectivity index (χ0v) is 16.1. The van der Waals surface area contributed by atoms with Crippen LogP contribution >= 0.6 is 0 Å². The fraction of sp³-hybridized carbons (Fsp3) is 0.148. The van der Waals surface area contributed by atoms with Gasteiger partial charge in [-0.05, 0) is 51.6 Å². The van der Waals surface area contributed by atoms with E-state index in [9.17, 15) is 4.79 Å². The Hall–Kier alpha value is -3.39. The summed E-state index contributed by atoms with van der Waals surface area (Å²) >= 11 is 0. The van der Waals surface area contributed by atoms with Gasteiger partial charge in [0, 0.05) is 23.2 Å². The highest BCUT2D eigenvalue weighted by Crippen LogP contribution is 2.48. The monoisotopic (exact) mass is 375 g/mol. The average Bonchev–Trinajstić information content (AvgIpc) is 2.78. The van der Waals surface area contributed by atoms with Gasteiger partial charge in [-0.2, -0.15) is 0 Å². The predicted octanol–water partition coefficient (Wildman–Crippen LogP) is 6.67. The van der Waals surface area contributed by atoms with Crippen LogP contribution < -0.4 is 5.32 Å². The molecule has 0 bridgehead atoms. The summed E-state index contributed by atoms with van der Waals surface area (Å²) in [5, 5.41) is 8.64. The van der Waals surface area contributed by atoms with Crippen LogP contribution in [0.3, 0.4) is 0 Å². The van der Waals surface area contributed by atoms with Gasteiger partial charge in [-0.1, -0.05) is 72.8 Å². The number of carbonyl (C=O) groups is 1. The van der Waals surface area contributed by atoms with E-state index in [1.165, 1.54) is 27.3 Å². The molecule has 1 atom stereocenters. The number of Topliss-reactive ketones (excluding diaryl/α,β-unsaturated/α-hetero) is 1. The van der Waals surface area contributed by atoms with Gasteiger partial charge in [-0.15, -0.1) is 0 Å². The Morgan fingerprint density at radius 1 is 0.724 bits per heavy atom. The third kappa shape index (κ3) is 2.45. The van der Waals surface area contributed by atoms with Crippen molar-refractivity contribution in [1.29, 1.82) is 0 Å². The van der Waals surface area contributed by atoms with Gasteiger partial charge in [0.25, 0.3) is 0 Å². The van der Waals surface area contributed by atoms with Crippen LogP contribution in [0.25, 0.3) is 27.1 Å². The van der Waals surface area contributed by atoms with Crippen molar-refractivity contribution in [2.45, 2.75) is 25.3 Å². The summed E-state index contributed by atoms with van der Waals surface area (Å²) in [5.74, 6) is 0.288. The topological polar surface area (TPSA) is 29.1 Å². The highest BCUT2D eigenvalue weighted by Gasteiger charge is 2.34. The first-order valence-electron chi connectivity index (χ1n) is 10.3. The maximum absolute atomic E-state index is 13.2. The lowest BCUT2D eigenvalue weighted by molar-refractivity contribution is -0.114. The highest BCUT2D eigenvalue weighted by molar-refractivity contribution is 6.28. The SMILES string of the molecule is O=C1CCCC2=C1c1c(ccc3ccccc13)NC2c1cccc2ccccc12. The Kier molecular flexibility index (Phi) is 3.60. The molecule has 0 saturated carbocycles. The molecule has 2 nitrogen and oxygen atoms in total. The molecule has 4 aromatic rings. The third-order valence-electron chi connectivity index (χ3n) is 6.41. The minimum Gasteiger partial charge on any atom is -0.374 e. The molecule has 0 saturated heterocycles. The summed E-state index contributed by atoms with van der Waals surface area (Å²) < 4.78 is 0. The second kappa shape index (κ2) is 6.31. The summed E-state index contributed by atoms with van der Waals surface area (Å²) in [6, 6.07) is 27.7. The summed E-state index contributed by atoms with van der Waals surface area (Å²) in [6.07, 6.45) is 2.54. The molecular weight excluding hydrogens is 354 g/mol.